The number of carbonyl (C=O) groups is 1. The number of methoxy groups -OCH3 is 1. The van der Waals surface area contributed by atoms with E-state index in [1.54, 1.807) is 5.38 Å². The summed E-state index contributed by atoms with van der Waals surface area (Å²) in [6.07, 6.45) is 0. The highest BCUT2D eigenvalue weighted by molar-refractivity contribution is 7.81. The third-order valence-corrected chi connectivity index (χ3v) is 5.46. The van der Waals surface area contributed by atoms with Gasteiger partial charge in [0.1, 0.15) is 11.4 Å². The van der Waals surface area contributed by atoms with Crippen LogP contribution in [0.4, 0.5) is 16.6 Å². The van der Waals surface area contributed by atoms with Crippen molar-refractivity contribution in [2.45, 2.75) is 0 Å². The summed E-state index contributed by atoms with van der Waals surface area (Å²) in [5.41, 5.74) is 0.282. The molecular weight excluding hydrogens is 380 g/mol. The fourth-order valence-electron chi connectivity index (χ4n) is 2.62. The number of thiazole rings is 1. The monoisotopic (exact) mass is 398 g/mol. The summed E-state index contributed by atoms with van der Waals surface area (Å²) < 4.78 is 28.1. The lowest BCUT2D eigenvalue weighted by Crippen LogP contribution is -2.43. The number of rotatable bonds is 6. The Kier molecular flexibility index (Phi) is 5.71. The molecule has 1 atom stereocenters. The van der Waals surface area contributed by atoms with Crippen LogP contribution in [0.3, 0.4) is 0 Å². The Morgan fingerprint density at radius 1 is 1.42 bits per heavy atom. The van der Waals surface area contributed by atoms with Crippen LogP contribution in [0.25, 0.3) is 0 Å². The number of benzene rings is 1. The number of hydrogen-bond acceptors (Lipinski definition) is 7. The molecule has 1 aromatic carbocycles. The first-order valence-electron chi connectivity index (χ1n) is 7.75. The Morgan fingerprint density at radius 2 is 2.15 bits per heavy atom. The lowest BCUT2D eigenvalue weighted by Gasteiger charge is -2.26. The first kappa shape index (κ1) is 18.6. The molecule has 1 saturated heterocycles. The molecule has 2 aromatic rings. The van der Waals surface area contributed by atoms with Crippen LogP contribution in [0.2, 0.25) is 0 Å². The van der Waals surface area contributed by atoms with Gasteiger partial charge in [-0.2, -0.15) is 0 Å². The van der Waals surface area contributed by atoms with Crippen molar-refractivity contribution in [1.82, 2.24) is 10.3 Å². The predicted molar refractivity (Wildman–Crippen MR) is 100 cm³/mol. The van der Waals surface area contributed by atoms with E-state index >= 15 is 0 Å². The van der Waals surface area contributed by atoms with Gasteiger partial charge < -0.3 is 20.1 Å². The smallest absolute Gasteiger partial charge is 0.335 e. The molecule has 0 bridgehead atoms. The Hall–Kier alpha value is -2.21. The van der Waals surface area contributed by atoms with Crippen LogP contribution in [-0.4, -0.2) is 58.1 Å². The number of hydrogen-bond donors (Lipinski definition) is 3. The number of nitrogens with zero attached hydrogens (tertiary/aromatic N) is 3. The average molecular weight is 398 g/mol. The van der Waals surface area contributed by atoms with E-state index in [1.165, 1.54) is 36.6 Å². The second-order valence-electron chi connectivity index (χ2n) is 5.44. The quantitative estimate of drug-likeness (QED) is 0.628. The Morgan fingerprint density at radius 3 is 2.77 bits per heavy atom. The van der Waals surface area contributed by atoms with E-state index < -0.39 is 17.2 Å². The first-order chi connectivity index (χ1) is 12.5. The third-order valence-electron chi connectivity index (χ3n) is 3.88. The lowest BCUT2D eigenvalue weighted by molar-refractivity contribution is 0.0696. The second kappa shape index (κ2) is 7.99. The van der Waals surface area contributed by atoms with Crippen LogP contribution in [0.15, 0.2) is 23.6 Å². The zero-order valence-corrected chi connectivity index (χ0v) is 15.5. The minimum Gasteiger partial charge on any atom is -0.495 e. The normalized spacial score (nSPS) is 15.5. The Balaban J connectivity index is 1.96. The van der Waals surface area contributed by atoms with Crippen LogP contribution < -0.4 is 19.3 Å². The van der Waals surface area contributed by atoms with E-state index in [1.807, 2.05) is 0 Å². The molecule has 0 radical (unpaired) electrons. The van der Waals surface area contributed by atoms with Gasteiger partial charge in [-0.15, -0.1) is 11.3 Å². The van der Waals surface area contributed by atoms with Crippen LogP contribution in [0.1, 0.15) is 10.4 Å². The van der Waals surface area contributed by atoms with Crippen molar-refractivity contribution in [2.75, 3.05) is 42.5 Å². The predicted octanol–water partition coefficient (Wildman–Crippen LogP) is 1.53. The van der Waals surface area contributed by atoms with Gasteiger partial charge in [0.2, 0.25) is 0 Å². The molecule has 1 fully saturated rings. The molecule has 26 heavy (non-hydrogen) atoms. The number of piperazine rings is 1. The highest BCUT2D eigenvalue weighted by Gasteiger charge is 2.24. The number of ether oxygens (including phenoxy) is 1. The minimum absolute atomic E-state index is 0.0223. The first-order valence-corrected chi connectivity index (χ1v) is 9.69. The van der Waals surface area contributed by atoms with Gasteiger partial charge in [0.05, 0.1) is 12.7 Å². The molecule has 1 aromatic heterocycles. The van der Waals surface area contributed by atoms with Gasteiger partial charge in [-0.25, -0.2) is 18.3 Å². The minimum atomic E-state index is -2.41. The molecular formula is C15H18N4O5S2. The number of aromatic carboxylic acids is 1. The van der Waals surface area contributed by atoms with E-state index in [0.29, 0.717) is 5.82 Å². The van der Waals surface area contributed by atoms with Crippen molar-refractivity contribution in [3.05, 3.63) is 29.1 Å². The Labute approximate surface area is 156 Å². The van der Waals surface area contributed by atoms with Crippen molar-refractivity contribution in [1.29, 1.82) is 0 Å². The van der Waals surface area contributed by atoms with Gasteiger partial charge in [-0.3, -0.25) is 4.55 Å². The molecule has 140 valence electrons. The fraction of sp³-hybridized carbons (Fsp3) is 0.333. The van der Waals surface area contributed by atoms with Crippen LogP contribution in [0.5, 0.6) is 5.75 Å². The Bertz CT molecular complexity index is 822. The van der Waals surface area contributed by atoms with Gasteiger partial charge in [0, 0.05) is 31.6 Å². The van der Waals surface area contributed by atoms with Crippen molar-refractivity contribution in [3.63, 3.8) is 0 Å². The summed E-state index contributed by atoms with van der Waals surface area (Å²) in [4.78, 5) is 17.7. The maximum atomic E-state index is 12.0. The summed E-state index contributed by atoms with van der Waals surface area (Å²) in [5, 5.41) is 14.8. The SMILES string of the molecule is COc1cc(C(=O)O)ccc1N(c1csc(N2CCNCC2)n1)S(=O)O. The van der Waals surface area contributed by atoms with Crippen LogP contribution >= 0.6 is 11.3 Å². The zero-order chi connectivity index (χ0) is 18.7. The molecule has 3 rings (SSSR count). The molecule has 3 N–H and O–H groups in total. The summed E-state index contributed by atoms with van der Waals surface area (Å²) in [6, 6.07) is 4.09. The van der Waals surface area contributed by atoms with E-state index in [2.05, 4.69) is 15.2 Å². The maximum Gasteiger partial charge on any atom is 0.335 e. The van der Waals surface area contributed by atoms with Gasteiger partial charge in [0.15, 0.2) is 10.9 Å². The van der Waals surface area contributed by atoms with E-state index in [-0.39, 0.29) is 17.0 Å². The van der Waals surface area contributed by atoms with Crippen LogP contribution in [-0.2, 0) is 11.3 Å². The molecule has 1 aliphatic rings. The van der Waals surface area contributed by atoms with Gasteiger partial charge in [-0.1, -0.05) is 0 Å². The highest BCUT2D eigenvalue weighted by atomic mass is 32.2. The summed E-state index contributed by atoms with van der Waals surface area (Å²) >= 11 is -1.02. The molecule has 9 nitrogen and oxygen atoms in total. The topological polar surface area (TPSA) is 115 Å². The zero-order valence-electron chi connectivity index (χ0n) is 13.9. The average Bonchev–Trinajstić information content (AvgIpc) is 3.12. The number of anilines is 3. The molecule has 1 unspecified atom stereocenters. The summed E-state index contributed by atoms with van der Waals surface area (Å²) in [7, 11) is 1.37. The van der Waals surface area contributed by atoms with E-state index in [4.69, 9.17) is 9.84 Å². The van der Waals surface area contributed by atoms with Crippen molar-refractivity contribution in [3.8, 4) is 5.75 Å². The van der Waals surface area contributed by atoms with Crippen LogP contribution in [0, 0.1) is 0 Å². The maximum absolute atomic E-state index is 12.0. The van der Waals surface area contributed by atoms with E-state index in [0.717, 1.165) is 35.6 Å². The van der Waals surface area contributed by atoms with Gasteiger partial charge >= 0.3 is 5.97 Å². The largest absolute Gasteiger partial charge is 0.495 e. The fourth-order valence-corrected chi connectivity index (χ4v) is 4.10. The van der Waals surface area contributed by atoms with Gasteiger partial charge in [-0.05, 0) is 18.2 Å². The second-order valence-corrected chi connectivity index (χ2v) is 7.11. The molecule has 2 heterocycles. The lowest BCUT2D eigenvalue weighted by atomic mass is 10.2. The molecule has 0 saturated carbocycles. The third kappa shape index (κ3) is 3.80. The number of carboxylic acids is 1. The summed E-state index contributed by atoms with van der Waals surface area (Å²) in [6.45, 7) is 3.33. The molecule has 0 amide bonds. The highest BCUT2D eigenvalue weighted by Crippen LogP contribution is 2.37. The van der Waals surface area contributed by atoms with Crippen molar-refractivity contribution in [2.24, 2.45) is 0 Å². The molecule has 1 aliphatic heterocycles. The number of carboxylic acid groups (broad SMARTS) is 1. The molecule has 0 spiro atoms. The van der Waals surface area contributed by atoms with Gasteiger partial charge in [0.25, 0.3) is 11.3 Å². The standard InChI is InChI=1S/C15H18N4O5S2/c1-24-12-8-10(14(20)21)2-3-11(12)19(26(22)23)13-9-25-15(17-13)18-6-4-16-5-7-18/h2-3,8-9,16H,4-7H2,1H3,(H,20,21)(H,22,23). The van der Waals surface area contributed by atoms with E-state index in [9.17, 15) is 13.6 Å². The number of aromatic nitrogens is 1. The molecule has 11 heteroatoms. The molecule has 0 aliphatic carbocycles. The van der Waals surface area contributed by atoms with Crippen molar-refractivity contribution < 1.29 is 23.4 Å². The summed E-state index contributed by atoms with van der Waals surface area (Å²) in [5.74, 6) is -0.643. The van der Waals surface area contributed by atoms with Crippen molar-refractivity contribution >= 4 is 45.2 Å². The number of nitrogens with one attached hydrogen (secondary N) is 1.